The summed E-state index contributed by atoms with van der Waals surface area (Å²) in [5.41, 5.74) is 0.191. The number of nitro groups is 1. The summed E-state index contributed by atoms with van der Waals surface area (Å²) in [6.07, 6.45) is 3.47. The van der Waals surface area contributed by atoms with E-state index in [9.17, 15) is 14.9 Å². The van der Waals surface area contributed by atoms with Crippen LogP contribution in [0.5, 0.6) is 11.6 Å². The van der Waals surface area contributed by atoms with E-state index in [1.165, 1.54) is 18.2 Å². The first-order valence-electron chi connectivity index (χ1n) is 9.18. The lowest BCUT2D eigenvalue weighted by atomic mass is 10.1. The number of ether oxygens (including phenoxy) is 1. The van der Waals surface area contributed by atoms with Crippen molar-refractivity contribution < 1.29 is 14.5 Å². The van der Waals surface area contributed by atoms with Gasteiger partial charge in [-0.3, -0.25) is 19.5 Å². The highest BCUT2D eigenvalue weighted by molar-refractivity contribution is 6.07. The summed E-state index contributed by atoms with van der Waals surface area (Å²) in [4.78, 5) is 27.0. The predicted molar refractivity (Wildman–Crippen MR) is 111 cm³/mol. The molecule has 0 aliphatic rings. The number of nitrogens with zero attached hydrogens (tertiary/aromatic N) is 5. The summed E-state index contributed by atoms with van der Waals surface area (Å²) in [6, 6.07) is 15.7. The first-order chi connectivity index (χ1) is 15.0. The van der Waals surface area contributed by atoms with Gasteiger partial charge in [0.2, 0.25) is 5.88 Å². The average Bonchev–Trinajstić information content (AvgIpc) is 3.21. The lowest BCUT2D eigenvalue weighted by Gasteiger charge is -2.08. The summed E-state index contributed by atoms with van der Waals surface area (Å²) in [6.45, 7) is 1.86. The van der Waals surface area contributed by atoms with Crippen LogP contribution < -0.4 is 10.1 Å². The normalized spacial score (nSPS) is 10.5. The molecule has 2 heterocycles. The number of nitrogens with one attached hydrogen (secondary N) is 1. The second-order valence-corrected chi connectivity index (χ2v) is 6.43. The van der Waals surface area contributed by atoms with Gasteiger partial charge in [0.1, 0.15) is 17.1 Å². The Hall–Kier alpha value is -4.60. The van der Waals surface area contributed by atoms with E-state index in [0.717, 1.165) is 5.82 Å². The minimum absolute atomic E-state index is 0.0173. The van der Waals surface area contributed by atoms with E-state index in [1.807, 2.05) is 6.92 Å². The molecule has 154 valence electrons. The number of rotatable bonds is 6. The zero-order valence-electron chi connectivity index (χ0n) is 16.3. The number of carbonyl (C=O) groups is 1. The summed E-state index contributed by atoms with van der Waals surface area (Å²) >= 11 is 0. The van der Waals surface area contributed by atoms with Crippen molar-refractivity contribution in [3.05, 3.63) is 94.6 Å². The van der Waals surface area contributed by atoms with Gasteiger partial charge < -0.3 is 10.1 Å². The molecule has 0 spiro atoms. The number of nitro benzene ring substituents is 1. The molecular formula is C21H16N6O4. The Morgan fingerprint density at radius 1 is 1.06 bits per heavy atom. The lowest BCUT2D eigenvalue weighted by Crippen LogP contribution is -2.13. The molecule has 10 nitrogen and oxygen atoms in total. The molecule has 10 heteroatoms. The summed E-state index contributed by atoms with van der Waals surface area (Å²) < 4.78 is 7.47. The van der Waals surface area contributed by atoms with E-state index < -0.39 is 10.8 Å². The van der Waals surface area contributed by atoms with Crippen LogP contribution in [-0.4, -0.2) is 30.6 Å². The fraction of sp³-hybridized carbons (Fsp3) is 0.0476. The Morgan fingerprint density at radius 3 is 2.48 bits per heavy atom. The van der Waals surface area contributed by atoms with Crippen molar-refractivity contribution in [3.63, 3.8) is 0 Å². The molecule has 0 saturated heterocycles. The number of hydrogen-bond donors (Lipinski definition) is 1. The van der Waals surface area contributed by atoms with Crippen molar-refractivity contribution >= 4 is 17.3 Å². The molecule has 0 radical (unpaired) electrons. The van der Waals surface area contributed by atoms with Crippen LogP contribution in [0.25, 0.3) is 5.82 Å². The molecule has 4 aromatic rings. The number of para-hydroxylation sites is 1. The van der Waals surface area contributed by atoms with Gasteiger partial charge in [-0.2, -0.15) is 0 Å². The molecule has 1 N–H and O–H groups in total. The van der Waals surface area contributed by atoms with E-state index in [1.54, 1.807) is 59.4 Å². The van der Waals surface area contributed by atoms with E-state index in [0.29, 0.717) is 23.1 Å². The fourth-order valence-electron chi connectivity index (χ4n) is 2.87. The number of aryl methyl sites for hydroxylation is 1. The molecular weight excluding hydrogens is 400 g/mol. The van der Waals surface area contributed by atoms with Gasteiger partial charge >= 0.3 is 0 Å². The Balaban J connectivity index is 1.42. The molecule has 2 aromatic carbocycles. The second-order valence-electron chi connectivity index (χ2n) is 6.43. The van der Waals surface area contributed by atoms with Crippen molar-refractivity contribution in [1.29, 1.82) is 0 Å². The highest BCUT2D eigenvalue weighted by atomic mass is 16.6. The third kappa shape index (κ3) is 4.37. The second kappa shape index (κ2) is 8.41. The number of hydrogen-bond acceptors (Lipinski definition) is 7. The van der Waals surface area contributed by atoms with Gasteiger partial charge in [-0.25, -0.2) is 4.98 Å². The molecule has 1 amide bonds. The predicted octanol–water partition coefficient (Wildman–Crippen LogP) is 3.92. The summed E-state index contributed by atoms with van der Waals surface area (Å²) in [5, 5.41) is 21.9. The largest absolute Gasteiger partial charge is 0.438 e. The third-order valence-electron chi connectivity index (χ3n) is 4.38. The molecule has 0 atom stereocenters. The molecule has 0 fully saturated rings. The highest BCUT2D eigenvalue weighted by Crippen LogP contribution is 2.23. The maximum Gasteiger partial charge on any atom is 0.282 e. The maximum atomic E-state index is 12.4. The Bertz CT molecular complexity index is 1240. The molecule has 31 heavy (non-hydrogen) atoms. The minimum Gasteiger partial charge on any atom is -0.438 e. The van der Waals surface area contributed by atoms with Gasteiger partial charge in [0.25, 0.3) is 11.6 Å². The molecule has 2 aromatic heterocycles. The van der Waals surface area contributed by atoms with Gasteiger partial charge in [-0.05, 0) is 43.3 Å². The number of carbonyl (C=O) groups excluding carboxylic acids is 1. The Labute approximate surface area is 176 Å². The number of benzene rings is 2. The summed E-state index contributed by atoms with van der Waals surface area (Å²) in [5.74, 6) is 1.64. The van der Waals surface area contributed by atoms with Crippen LogP contribution in [0, 0.1) is 17.0 Å². The Morgan fingerprint density at radius 2 is 1.84 bits per heavy atom. The van der Waals surface area contributed by atoms with Crippen LogP contribution in [0.1, 0.15) is 16.2 Å². The first kappa shape index (κ1) is 19.7. The van der Waals surface area contributed by atoms with Gasteiger partial charge in [0, 0.05) is 30.2 Å². The van der Waals surface area contributed by atoms with Crippen LogP contribution in [0.2, 0.25) is 0 Å². The minimum atomic E-state index is -0.591. The van der Waals surface area contributed by atoms with Crippen molar-refractivity contribution in [1.82, 2.24) is 19.7 Å². The first-order valence-corrected chi connectivity index (χ1v) is 9.18. The van der Waals surface area contributed by atoms with Crippen molar-refractivity contribution in [2.75, 3.05) is 5.32 Å². The maximum absolute atomic E-state index is 12.4. The van der Waals surface area contributed by atoms with Crippen LogP contribution in [0.15, 0.2) is 73.1 Å². The number of amides is 1. The smallest absolute Gasteiger partial charge is 0.282 e. The molecule has 0 unspecified atom stereocenters. The van der Waals surface area contributed by atoms with E-state index in [-0.39, 0.29) is 11.3 Å². The SMILES string of the molecule is Cc1nccn1-c1ccc(Oc2ccc(NC(=O)c3ccccc3[N+](=O)[O-])cc2)nn1. The molecule has 0 saturated carbocycles. The van der Waals surface area contributed by atoms with Gasteiger partial charge in [0.15, 0.2) is 5.82 Å². The standard InChI is InChI=1S/C21H16N6O4/c1-14-22-12-13-26(14)19-10-11-20(25-24-19)31-16-8-6-15(7-9-16)23-21(28)17-4-2-3-5-18(17)27(29)30/h2-13H,1H3,(H,23,28). The number of anilines is 1. The van der Waals surface area contributed by atoms with Crippen molar-refractivity contribution in [2.24, 2.45) is 0 Å². The van der Waals surface area contributed by atoms with Crippen LogP contribution in [-0.2, 0) is 0 Å². The van der Waals surface area contributed by atoms with Gasteiger partial charge in [0.05, 0.1) is 4.92 Å². The number of imidazole rings is 1. The fourth-order valence-corrected chi connectivity index (χ4v) is 2.87. The van der Waals surface area contributed by atoms with E-state index in [4.69, 9.17) is 4.74 Å². The molecule has 4 rings (SSSR count). The number of aromatic nitrogens is 4. The van der Waals surface area contributed by atoms with Crippen molar-refractivity contribution in [2.45, 2.75) is 6.92 Å². The van der Waals surface area contributed by atoms with Crippen LogP contribution >= 0.6 is 0 Å². The zero-order valence-corrected chi connectivity index (χ0v) is 16.3. The van der Waals surface area contributed by atoms with Crippen molar-refractivity contribution in [3.8, 4) is 17.4 Å². The lowest BCUT2D eigenvalue weighted by molar-refractivity contribution is -0.385. The monoisotopic (exact) mass is 416 g/mol. The quantitative estimate of drug-likeness (QED) is 0.373. The summed E-state index contributed by atoms with van der Waals surface area (Å²) in [7, 11) is 0. The Kier molecular flexibility index (Phi) is 5.35. The zero-order chi connectivity index (χ0) is 21.8. The molecule has 0 aliphatic carbocycles. The molecule has 0 bridgehead atoms. The average molecular weight is 416 g/mol. The van der Waals surface area contributed by atoms with Gasteiger partial charge in [-0.1, -0.05) is 12.1 Å². The van der Waals surface area contributed by atoms with Crippen LogP contribution in [0.4, 0.5) is 11.4 Å². The van der Waals surface area contributed by atoms with Gasteiger partial charge in [-0.15, -0.1) is 10.2 Å². The highest BCUT2D eigenvalue weighted by Gasteiger charge is 2.19. The topological polar surface area (TPSA) is 125 Å². The van der Waals surface area contributed by atoms with E-state index in [2.05, 4.69) is 20.5 Å². The molecule has 0 aliphatic heterocycles. The van der Waals surface area contributed by atoms with Crippen LogP contribution in [0.3, 0.4) is 0 Å². The van der Waals surface area contributed by atoms with E-state index >= 15 is 0 Å². The third-order valence-corrected chi connectivity index (χ3v) is 4.38.